The topological polar surface area (TPSA) is 37.3 Å². The van der Waals surface area contributed by atoms with Crippen molar-refractivity contribution in [3.05, 3.63) is 51.8 Å². The summed E-state index contributed by atoms with van der Waals surface area (Å²) in [6.45, 7) is 0. The van der Waals surface area contributed by atoms with Crippen molar-refractivity contribution in [2.75, 3.05) is 0 Å². The Labute approximate surface area is 113 Å². The fraction of sp³-hybridized carbons (Fsp3) is 0. The van der Waals surface area contributed by atoms with Gasteiger partial charge in [-0.25, -0.2) is 4.39 Å². The third kappa shape index (κ3) is 2.19. The molecule has 0 spiro atoms. The maximum absolute atomic E-state index is 13.2. The van der Waals surface area contributed by atoms with Crippen LogP contribution in [0.25, 0.3) is 11.1 Å². The van der Waals surface area contributed by atoms with Gasteiger partial charge >= 0.3 is 0 Å². The molecule has 2 nitrogen and oxygen atoms in total. The number of halogens is 3. The largest absolute Gasteiger partial charge is 0.507 e. The molecule has 0 bridgehead atoms. The van der Waals surface area contributed by atoms with Crippen molar-refractivity contribution in [3.8, 4) is 16.9 Å². The van der Waals surface area contributed by atoms with Gasteiger partial charge in [0.15, 0.2) is 6.29 Å². The molecule has 0 atom stereocenters. The van der Waals surface area contributed by atoms with E-state index in [4.69, 9.17) is 23.2 Å². The van der Waals surface area contributed by atoms with Crippen molar-refractivity contribution in [1.82, 2.24) is 0 Å². The number of aromatic hydroxyl groups is 1. The smallest absolute Gasteiger partial charge is 0.153 e. The van der Waals surface area contributed by atoms with Gasteiger partial charge in [0.25, 0.3) is 0 Å². The molecule has 0 amide bonds. The first-order valence-electron chi connectivity index (χ1n) is 4.96. The number of rotatable bonds is 2. The average Bonchev–Trinajstić information content (AvgIpc) is 2.34. The van der Waals surface area contributed by atoms with Gasteiger partial charge in [0.05, 0.1) is 15.6 Å². The van der Waals surface area contributed by atoms with Gasteiger partial charge in [-0.2, -0.15) is 0 Å². The van der Waals surface area contributed by atoms with Crippen LogP contribution >= 0.6 is 23.2 Å². The van der Waals surface area contributed by atoms with Gasteiger partial charge in [0, 0.05) is 11.1 Å². The second kappa shape index (κ2) is 4.96. The van der Waals surface area contributed by atoms with E-state index in [1.807, 2.05) is 0 Å². The number of carbonyl (C=O) groups excluding carboxylic acids is 1. The van der Waals surface area contributed by atoms with Gasteiger partial charge in [-0.1, -0.05) is 29.3 Å². The monoisotopic (exact) mass is 284 g/mol. The number of phenolic OH excluding ortho intramolecular Hbond substituents is 1. The summed E-state index contributed by atoms with van der Waals surface area (Å²) in [5.41, 5.74) is 0.666. The zero-order valence-electron chi connectivity index (χ0n) is 8.95. The van der Waals surface area contributed by atoms with E-state index in [1.165, 1.54) is 18.2 Å². The van der Waals surface area contributed by atoms with E-state index in [9.17, 15) is 14.3 Å². The second-order valence-electron chi connectivity index (χ2n) is 3.60. The first kappa shape index (κ1) is 12.9. The molecule has 0 radical (unpaired) electrons. The van der Waals surface area contributed by atoms with Crippen LogP contribution in [0.2, 0.25) is 10.0 Å². The fourth-order valence-corrected chi connectivity index (χ4v) is 2.17. The van der Waals surface area contributed by atoms with Gasteiger partial charge in [-0.05, 0) is 24.3 Å². The lowest BCUT2D eigenvalue weighted by Gasteiger charge is -2.09. The number of benzene rings is 2. The van der Waals surface area contributed by atoms with Crippen LogP contribution in [0.15, 0.2) is 30.3 Å². The SMILES string of the molecule is O=Cc1c(Cl)ccc(-c2cc(F)ccc2O)c1Cl. The van der Waals surface area contributed by atoms with E-state index in [-0.39, 0.29) is 26.9 Å². The molecular weight excluding hydrogens is 278 g/mol. The molecule has 2 aromatic carbocycles. The number of aldehydes is 1. The highest BCUT2D eigenvalue weighted by molar-refractivity contribution is 6.40. The molecule has 18 heavy (non-hydrogen) atoms. The lowest BCUT2D eigenvalue weighted by Crippen LogP contribution is -1.89. The standard InChI is InChI=1S/C13H7Cl2FO2/c14-11-3-2-8(13(15)10(11)6-17)9-5-7(16)1-4-12(9)18/h1-6,18H. The first-order valence-corrected chi connectivity index (χ1v) is 5.72. The molecule has 0 fully saturated rings. The summed E-state index contributed by atoms with van der Waals surface area (Å²) < 4.78 is 13.2. The number of hydrogen-bond donors (Lipinski definition) is 1. The molecule has 0 aliphatic heterocycles. The number of carbonyl (C=O) groups is 1. The first-order chi connectivity index (χ1) is 8.54. The minimum absolute atomic E-state index is 0.0819. The molecule has 0 heterocycles. The maximum Gasteiger partial charge on any atom is 0.153 e. The Balaban J connectivity index is 2.72. The van der Waals surface area contributed by atoms with Crippen molar-refractivity contribution in [1.29, 1.82) is 0 Å². The van der Waals surface area contributed by atoms with E-state index >= 15 is 0 Å². The van der Waals surface area contributed by atoms with Crippen LogP contribution in [0.3, 0.4) is 0 Å². The Morgan fingerprint density at radius 2 is 1.83 bits per heavy atom. The molecule has 0 saturated heterocycles. The average molecular weight is 285 g/mol. The van der Waals surface area contributed by atoms with E-state index in [1.54, 1.807) is 0 Å². The zero-order valence-corrected chi connectivity index (χ0v) is 10.5. The molecule has 0 aliphatic rings. The van der Waals surface area contributed by atoms with Crippen molar-refractivity contribution in [3.63, 3.8) is 0 Å². The molecule has 5 heteroatoms. The Kier molecular flexibility index (Phi) is 3.55. The van der Waals surface area contributed by atoms with Crippen LogP contribution in [-0.2, 0) is 0 Å². The summed E-state index contributed by atoms with van der Waals surface area (Å²) in [7, 11) is 0. The highest BCUT2D eigenvalue weighted by atomic mass is 35.5. The lowest BCUT2D eigenvalue weighted by atomic mass is 10.0. The summed E-state index contributed by atoms with van der Waals surface area (Å²) in [6, 6.07) is 6.47. The minimum atomic E-state index is -0.513. The predicted molar refractivity (Wildman–Crippen MR) is 68.9 cm³/mol. The van der Waals surface area contributed by atoms with Crippen LogP contribution in [0, 0.1) is 5.82 Å². The second-order valence-corrected chi connectivity index (χ2v) is 4.39. The summed E-state index contributed by atoms with van der Waals surface area (Å²) >= 11 is 11.8. The van der Waals surface area contributed by atoms with E-state index in [0.717, 1.165) is 12.1 Å². The van der Waals surface area contributed by atoms with Crippen molar-refractivity contribution < 1.29 is 14.3 Å². The van der Waals surface area contributed by atoms with Crippen molar-refractivity contribution >= 4 is 29.5 Å². The summed E-state index contributed by atoms with van der Waals surface area (Å²) in [6.07, 6.45) is 0.518. The summed E-state index contributed by atoms with van der Waals surface area (Å²) in [4.78, 5) is 10.9. The third-order valence-corrected chi connectivity index (χ3v) is 3.23. The third-order valence-electron chi connectivity index (χ3n) is 2.49. The zero-order chi connectivity index (χ0) is 13.3. The van der Waals surface area contributed by atoms with Gasteiger partial charge in [-0.3, -0.25) is 4.79 Å². The van der Waals surface area contributed by atoms with Crippen molar-refractivity contribution in [2.45, 2.75) is 0 Å². The molecule has 2 aromatic rings. The molecule has 0 aromatic heterocycles. The highest BCUT2D eigenvalue weighted by Crippen LogP contribution is 2.38. The fourth-order valence-electron chi connectivity index (χ4n) is 1.61. The lowest BCUT2D eigenvalue weighted by molar-refractivity contribution is 0.112. The van der Waals surface area contributed by atoms with Crippen LogP contribution in [0.1, 0.15) is 10.4 Å². The number of phenols is 1. The van der Waals surface area contributed by atoms with Crippen molar-refractivity contribution in [2.24, 2.45) is 0 Å². The molecule has 0 saturated carbocycles. The molecular formula is C13H7Cl2FO2. The van der Waals surface area contributed by atoms with Gasteiger partial charge in [-0.15, -0.1) is 0 Å². The van der Waals surface area contributed by atoms with E-state index < -0.39 is 5.82 Å². The Morgan fingerprint density at radius 1 is 1.11 bits per heavy atom. The normalized spacial score (nSPS) is 10.4. The minimum Gasteiger partial charge on any atom is -0.507 e. The van der Waals surface area contributed by atoms with Gasteiger partial charge in [0.1, 0.15) is 11.6 Å². The van der Waals surface area contributed by atoms with Crippen LogP contribution in [-0.4, -0.2) is 11.4 Å². The van der Waals surface area contributed by atoms with E-state index in [0.29, 0.717) is 11.8 Å². The number of hydrogen-bond acceptors (Lipinski definition) is 2. The van der Waals surface area contributed by atoms with Crippen LogP contribution < -0.4 is 0 Å². The molecule has 0 unspecified atom stereocenters. The van der Waals surface area contributed by atoms with Crippen LogP contribution in [0.4, 0.5) is 4.39 Å². The molecule has 1 N–H and O–H groups in total. The Bertz CT molecular complexity index is 627. The van der Waals surface area contributed by atoms with Gasteiger partial charge in [0.2, 0.25) is 0 Å². The summed E-state index contributed by atoms with van der Waals surface area (Å²) in [5, 5.41) is 9.98. The molecule has 0 aliphatic carbocycles. The van der Waals surface area contributed by atoms with E-state index in [2.05, 4.69) is 0 Å². The van der Waals surface area contributed by atoms with Crippen LogP contribution in [0.5, 0.6) is 5.75 Å². The van der Waals surface area contributed by atoms with Gasteiger partial charge < -0.3 is 5.11 Å². The quantitative estimate of drug-likeness (QED) is 0.834. The highest BCUT2D eigenvalue weighted by Gasteiger charge is 2.14. The summed E-state index contributed by atoms with van der Waals surface area (Å²) in [5.74, 6) is -0.640. The Hall–Kier alpha value is -1.58. The Morgan fingerprint density at radius 3 is 2.50 bits per heavy atom. The maximum atomic E-state index is 13.2. The molecule has 92 valence electrons. The molecule has 2 rings (SSSR count). The predicted octanol–water partition coefficient (Wildman–Crippen LogP) is 4.32.